The van der Waals surface area contributed by atoms with Gasteiger partial charge in [0.25, 0.3) is 0 Å². The largest absolute Gasteiger partial charge is 0.469 e. The molecule has 18 heavy (non-hydrogen) atoms. The smallest absolute Gasteiger partial charge is 0.309 e. The Bertz CT molecular complexity index is 474. The van der Waals surface area contributed by atoms with E-state index in [0.29, 0.717) is 12.1 Å². The van der Waals surface area contributed by atoms with Crippen molar-refractivity contribution in [3.05, 3.63) is 29.8 Å². The van der Waals surface area contributed by atoms with Crippen LogP contribution < -0.4 is 5.32 Å². The zero-order chi connectivity index (χ0) is 13.4. The Labute approximate surface area is 106 Å². The number of esters is 1. The summed E-state index contributed by atoms with van der Waals surface area (Å²) in [5, 5.41) is 2.72. The van der Waals surface area contributed by atoms with Crippen LogP contribution in [0, 0.1) is 12.3 Å². The number of benzene rings is 1. The van der Waals surface area contributed by atoms with E-state index >= 15 is 0 Å². The van der Waals surface area contributed by atoms with Gasteiger partial charge in [0.1, 0.15) is 0 Å². The summed E-state index contributed by atoms with van der Waals surface area (Å²) >= 11 is 0. The summed E-state index contributed by atoms with van der Waals surface area (Å²) in [5.74, 6) is 1.96. The number of carbonyl (C=O) groups excluding carboxylic acids is 2. The lowest BCUT2D eigenvalue weighted by Crippen LogP contribution is -2.11. The first-order valence-corrected chi connectivity index (χ1v) is 5.54. The molecule has 0 saturated carbocycles. The first kappa shape index (κ1) is 13.8. The Morgan fingerprint density at radius 1 is 1.44 bits per heavy atom. The van der Waals surface area contributed by atoms with Crippen LogP contribution in [0.2, 0.25) is 0 Å². The minimum Gasteiger partial charge on any atom is -0.469 e. The molecule has 1 aromatic rings. The number of amides is 1. The molecule has 0 bridgehead atoms. The van der Waals surface area contributed by atoms with E-state index in [1.54, 1.807) is 24.3 Å². The molecule has 0 fully saturated rings. The van der Waals surface area contributed by atoms with Crippen LogP contribution >= 0.6 is 0 Å². The molecule has 1 rings (SSSR count). The number of hydrogen-bond acceptors (Lipinski definition) is 3. The summed E-state index contributed by atoms with van der Waals surface area (Å²) in [6, 6.07) is 7.07. The zero-order valence-electron chi connectivity index (χ0n) is 10.2. The second-order valence-electron chi connectivity index (χ2n) is 3.71. The molecule has 0 aliphatic rings. The summed E-state index contributed by atoms with van der Waals surface area (Å²) < 4.78 is 4.58. The molecule has 0 radical (unpaired) electrons. The van der Waals surface area contributed by atoms with Crippen molar-refractivity contribution in [3.8, 4) is 12.3 Å². The molecule has 0 atom stereocenters. The van der Waals surface area contributed by atoms with Crippen molar-refractivity contribution < 1.29 is 14.3 Å². The number of anilines is 1. The number of terminal acetylenes is 1. The van der Waals surface area contributed by atoms with E-state index < -0.39 is 0 Å². The highest BCUT2D eigenvalue weighted by Gasteiger charge is 2.05. The Hall–Kier alpha value is -2.28. The van der Waals surface area contributed by atoms with Gasteiger partial charge in [0, 0.05) is 18.5 Å². The molecule has 1 aromatic carbocycles. The third kappa shape index (κ3) is 4.71. The number of ether oxygens (including phenoxy) is 1. The number of hydrogen-bond donors (Lipinski definition) is 1. The van der Waals surface area contributed by atoms with Crippen LogP contribution in [0.1, 0.15) is 18.4 Å². The Kier molecular flexibility index (Phi) is 5.46. The summed E-state index contributed by atoms with van der Waals surface area (Å²) in [5.41, 5.74) is 1.44. The maximum Gasteiger partial charge on any atom is 0.309 e. The van der Waals surface area contributed by atoms with Crippen molar-refractivity contribution in [2.45, 2.75) is 19.3 Å². The van der Waals surface area contributed by atoms with Crippen molar-refractivity contribution in [2.24, 2.45) is 0 Å². The Balaban J connectivity index is 2.62. The van der Waals surface area contributed by atoms with Gasteiger partial charge in [-0.3, -0.25) is 9.59 Å². The summed E-state index contributed by atoms with van der Waals surface area (Å²) in [4.78, 5) is 22.6. The Morgan fingerprint density at radius 3 is 2.89 bits per heavy atom. The number of carbonyl (C=O) groups is 2. The lowest BCUT2D eigenvalue weighted by Gasteiger charge is -2.06. The molecular weight excluding hydrogens is 230 g/mol. The molecule has 4 heteroatoms. The van der Waals surface area contributed by atoms with Crippen molar-refractivity contribution in [3.63, 3.8) is 0 Å². The van der Waals surface area contributed by atoms with E-state index in [0.717, 1.165) is 5.56 Å². The third-order valence-corrected chi connectivity index (χ3v) is 2.28. The molecule has 0 aliphatic carbocycles. The highest BCUT2D eigenvalue weighted by atomic mass is 16.5. The van der Waals surface area contributed by atoms with Gasteiger partial charge in [0.2, 0.25) is 5.91 Å². The van der Waals surface area contributed by atoms with Gasteiger partial charge in [0.15, 0.2) is 0 Å². The van der Waals surface area contributed by atoms with Crippen molar-refractivity contribution in [2.75, 3.05) is 12.4 Å². The molecule has 0 heterocycles. The van der Waals surface area contributed by atoms with Gasteiger partial charge >= 0.3 is 5.97 Å². The van der Waals surface area contributed by atoms with Gasteiger partial charge in [-0.2, -0.15) is 0 Å². The first-order chi connectivity index (χ1) is 8.65. The van der Waals surface area contributed by atoms with Gasteiger partial charge in [-0.05, 0) is 17.7 Å². The number of nitrogens with one attached hydrogen (secondary N) is 1. The Morgan fingerprint density at radius 2 is 2.22 bits per heavy atom. The van der Waals surface area contributed by atoms with Crippen LogP contribution in [0.25, 0.3) is 0 Å². The lowest BCUT2D eigenvalue weighted by molar-refractivity contribution is -0.139. The average molecular weight is 245 g/mol. The molecule has 4 nitrogen and oxygen atoms in total. The first-order valence-electron chi connectivity index (χ1n) is 5.54. The predicted octanol–water partition coefficient (Wildman–Crippen LogP) is 1.75. The van der Waals surface area contributed by atoms with E-state index in [4.69, 9.17) is 6.42 Å². The third-order valence-electron chi connectivity index (χ3n) is 2.28. The second-order valence-corrected chi connectivity index (χ2v) is 3.71. The van der Waals surface area contributed by atoms with Crippen LogP contribution in [0.4, 0.5) is 5.69 Å². The fourth-order valence-corrected chi connectivity index (χ4v) is 1.41. The molecular formula is C14H15NO3. The minimum absolute atomic E-state index is 0.136. The van der Waals surface area contributed by atoms with E-state index in [9.17, 15) is 9.59 Å². The summed E-state index contributed by atoms with van der Waals surface area (Å²) in [6.07, 6.45) is 5.97. The molecule has 1 N–H and O–H groups in total. The maximum atomic E-state index is 11.5. The maximum absolute atomic E-state index is 11.5. The van der Waals surface area contributed by atoms with Crippen molar-refractivity contribution >= 4 is 17.6 Å². The van der Waals surface area contributed by atoms with Crippen molar-refractivity contribution in [1.29, 1.82) is 0 Å². The standard InChI is InChI=1S/C14H15NO3/c1-3-4-8-13(16)15-12-7-5-6-11(9-12)10-14(17)18-2/h1,5-7,9H,4,8,10H2,2H3,(H,15,16). The fraction of sp³-hybridized carbons (Fsp3) is 0.286. The molecule has 1 amide bonds. The normalized spacial score (nSPS) is 9.33. The van der Waals surface area contributed by atoms with Crippen LogP contribution in [0.15, 0.2) is 24.3 Å². The fourth-order valence-electron chi connectivity index (χ4n) is 1.41. The van der Waals surface area contributed by atoms with Gasteiger partial charge in [-0.15, -0.1) is 12.3 Å². The van der Waals surface area contributed by atoms with Crippen LogP contribution in [-0.2, 0) is 20.7 Å². The second kappa shape index (κ2) is 7.13. The highest BCUT2D eigenvalue weighted by molar-refractivity contribution is 5.91. The van der Waals surface area contributed by atoms with Gasteiger partial charge < -0.3 is 10.1 Å². The van der Waals surface area contributed by atoms with Gasteiger partial charge in [0.05, 0.1) is 13.5 Å². The number of rotatable bonds is 5. The van der Waals surface area contributed by atoms with Crippen LogP contribution in [-0.4, -0.2) is 19.0 Å². The molecule has 0 saturated heterocycles. The van der Waals surface area contributed by atoms with Gasteiger partial charge in [-0.1, -0.05) is 12.1 Å². The van der Waals surface area contributed by atoms with Crippen molar-refractivity contribution in [1.82, 2.24) is 0 Å². The van der Waals surface area contributed by atoms with Crippen LogP contribution in [0.5, 0.6) is 0 Å². The SMILES string of the molecule is C#CCCC(=O)Nc1cccc(CC(=O)OC)c1. The van der Waals surface area contributed by atoms with E-state index in [1.807, 2.05) is 0 Å². The van der Waals surface area contributed by atoms with Crippen LogP contribution in [0.3, 0.4) is 0 Å². The number of methoxy groups -OCH3 is 1. The summed E-state index contributed by atoms with van der Waals surface area (Å²) in [7, 11) is 1.34. The molecule has 94 valence electrons. The van der Waals surface area contributed by atoms with Gasteiger partial charge in [-0.25, -0.2) is 0 Å². The quantitative estimate of drug-likeness (QED) is 0.635. The average Bonchev–Trinajstić information content (AvgIpc) is 2.36. The summed E-state index contributed by atoms with van der Waals surface area (Å²) in [6.45, 7) is 0. The highest BCUT2D eigenvalue weighted by Crippen LogP contribution is 2.12. The van der Waals surface area contributed by atoms with E-state index in [-0.39, 0.29) is 24.7 Å². The molecule has 0 spiro atoms. The monoisotopic (exact) mass is 245 g/mol. The molecule has 0 unspecified atom stereocenters. The topological polar surface area (TPSA) is 55.4 Å². The zero-order valence-corrected chi connectivity index (χ0v) is 10.2. The lowest BCUT2D eigenvalue weighted by atomic mass is 10.1. The minimum atomic E-state index is -0.314. The molecule has 0 aliphatic heterocycles. The molecule has 0 aromatic heterocycles. The predicted molar refractivity (Wildman–Crippen MR) is 68.9 cm³/mol. The van der Waals surface area contributed by atoms with E-state index in [1.165, 1.54) is 7.11 Å². The van der Waals surface area contributed by atoms with E-state index in [2.05, 4.69) is 16.0 Å².